The average Bonchev–Trinajstić information content (AvgIpc) is 2.77. The first-order chi connectivity index (χ1) is 8.24. The smallest absolute Gasteiger partial charge is 0.199 e. The molecule has 0 saturated heterocycles. The molecule has 0 bridgehead atoms. The quantitative estimate of drug-likeness (QED) is 0.775. The maximum atomic E-state index is 5.89. The summed E-state index contributed by atoms with van der Waals surface area (Å²) in [6, 6.07) is 7.73. The summed E-state index contributed by atoms with van der Waals surface area (Å²) in [5.74, 6) is 0.902. The van der Waals surface area contributed by atoms with Crippen LogP contribution in [0.1, 0.15) is 5.56 Å². The van der Waals surface area contributed by atoms with E-state index in [9.17, 15) is 0 Å². The molecule has 1 aromatic heterocycles. The van der Waals surface area contributed by atoms with Crippen LogP contribution in [0.5, 0.6) is 0 Å². The summed E-state index contributed by atoms with van der Waals surface area (Å²) in [6.45, 7) is 0.912. The average molecular weight is 264 g/mol. The Labute approximate surface area is 109 Å². The summed E-state index contributed by atoms with van der Waals surface area (Å²) in [5.41, 5.74) is 3.32. The van der Waals surface area contributed by atoms with Crippen molar-refractivity contribution in [2.75, 3.05) is 11.9 Å². The van der Waals surface area contributed by atoms with Gasteiger partial charge >= 0.3 is 0 Å². The number of hydrogen-bond donors (Lipinski definition) is 2. The topological polar surface area (TPSA) is 40.7 Å². The molecule has 2 aromatic rings. The van der Waals surface area contributed by atoms with Gasteiger partial charge in [0, 0.05) is 17.1 Å². The van der Waals surface area contributed by atoms with Gasteiger partial charge < -0.3 is 10.3 Å². The van der Waals surface area contributed by atoms with Crippen LogP contribution in [0.3, 0.4) is 0 Å². The molecule has 0 unspecified atom stereocenters. The van der Waals surface area contributed by atoms with Gasteiger partial charge in [-0.1, -0.05) is 23.7 Å². The Morgan fingerprint density at radius 1 is 1.24 bits per heavy atom. The molecule has 1 aliphatic rings. The first-order valence-corrected chi connectivity index (χ1v) is 6.16. The lowest BCUT2D eigenvalue weighted by molar-refractivity contribution is 1.08. The van der Waals surface area contributed by atoms with E-state index in [0.717, 1.165) is 35.1 Å². The van der Waals surface area contributed by atoms with E-state index >= 15 is 0 Å². The van der Waals surface area contributed by atoms with E-state index in [1.54, 1.807) is 0 Å². The molecular formula is C12H10ClN3S. The van der Waals surface area contributed by atoms with E-state index in [1.807, 2.05) is 24.3 Å². The Hall–Kier alpha value is -1.39. The Morgan fingerprint density at radius 3 is 2.76 bits per heavy atom. The standard InChI is InChI=1S/C12H10ClN3S/c13-8-3-1-7(2-4-8)10-9-5-6-14-11(9)16-12(17)15-10/h1-4H,5-6H2,(H2,14,15,16,17). The molecule has 0 fully saturated rings. The molecule has 1 aromatic carbocycles. The highest BCUT2D eigenvalue weighted by Gasteiger charge is 2.17. The molecule has 5 heteroatoms. The number of fused-ring (bicyclic) bond motifs is 1. The number of rotatable bonds is 1. The second-order valence-electron chi connectivity index (χ2n) is 3.93. The predicted octanol–water partition coefficient (Wildman–Crippen LogP) is 3.43. The van der Waals surface area contributed by atoms with E-state index in [-0.39, 0.29) is 0 Å². The SMILES string of the molecule is S=c1nc2c(c(-c3ccc(Cl)cc3)[nH]1)CCN2. The van der Waals surface area contributed by atoms with Crippen LogP contribution in [-0.4, -0.2) is 16.5 Å². The van der Waals surface area contributed by atoms with Gasteiger partial charge in [0.1, 0.15) is 5.82 Å². The first kappa shape index (κ1) is 10.7. The highest BCUT2D eigenvalue weighted by Crippen LogP contribution is 2.30. The van der Waals surface area contributed by atoms with Crippen molar-refractivity contribution in [3.8, 4) is 11.3 Å². The largest absolute Gasteiger partial charge is 0.369 e. The molecule has 0 radical (unpaired) electrons. The molecule has 0 amide bonds. The molecule has 2 heterocycles. The minimum absolute atomic E-state index is 0.503. The van der Waals surface area contributed by atoms with Crippen molar-refractivity contribution in [3.05, 3.63) is 39.6 Å². The molecule has 1 aliphatic heterocycles. The molecule has 2 N–H and O–H groups in total. The fourth-order valence-electron chi connectivity index (χ4n) is 2.06. The fraction of sp³-hybridized carbons (Fsp3) is 0.167. The van der Waals surface area contributed by atoms with Gasteiger partial charge in [-0.3, -0.25) is 0 Å². The van der Waals surface area contributed by atoms with Gasteiger partial charge in [0.05, 0.1) is 5.69 Å². The first-order valence-electron chi connectivity index (χ1n) is 5.37. The van der Waals surface area contributed by atoms with Gasteiger partial charge in [-0.05, 0) is 36.3 Å². The number of aromatic amines is 1. The van der Waals surface area contributed by atoms with Crippen LogP contribution in [0.2, 0.25) is 5.02 Å². The number of nitrogens with one attached hydrogen (secondary N) is 2. The van der Waals surface area contributed by atoms with E-state index in [2.05, 4.69) is 15.3 Å². The number of H-pyrrole nitrogens is 1. The molecular weight excluding hydrogens is 254 g/mol. The molecule has 3 rings (SSSR count). The van der Waals surface area contributed by atoms with Crippen molar-refractivity contribution >= 4 is 29.6 Å². The third kappa shape index (κ3) is 1.94. The summed E-state index contributed by atoms with van der Waals surface area (Å²) in [5, 5.41) is 3.97. The predicted molar refractivity (Wildman–Crippen MR) is 72.1 cm³/mol. The number of anilines is 1. The lowest BCUT2D eigenvalue weighted by Gasteiger charge is -2.07. The third-order valence-corrected chi connectivity index (χ3v) is 3.28. The van der Waals surface area contributed by atoms with Crippen molar-refractivity contribution in [3.63, 3.8) is 0 Å². The van der Waals surface area contributed by atoms with Gasteiger partial charge in [-0.25, -0.2) is 4.98 Å². The van der Waals surface area contributed by atoms with Crippen molar-refractivity contribution in [1.82, 2.24) is 9.97 Å². The van der Waals surface area contributed by atoms with Crippen molar-refractivity contribution in [1.29, 1.82) is 0 Å². The molecule has 0 saturated carbocycles. The highest BCUT2D eigenvalue weighted by molar-refractivity contribution is 7.71. The second kappa shape index (κ2) is 4.13. The van der Waals surface area contributed by atoms with Crippen LogP contribution in [0.25, 0.3) is 11.3 Å². The summed E-state index contributed by atoms with van der Waals surface area (Å²) in [6.07, 6.45) is 0.965. The normalized spacial score (nSPS) is 13.2. The number of halogens is 1. The van der Waals surface area contributed by atoms with Crippen LogP contribution in [0.4, 0.5) is 5.82 Å². The van der Waals surface area contributed by atoms with Crippen molar-refractivity contribution in [2.24, 2.45) is 0 Å². The Kier molecular flexibility index (Phi) is 2.61. The summed E-state index contributed by atoms with van der Waals surface area (Å²) >= 11 is 11.0. The number of hydrogen-bond acceptors (Lipinski definition) is 3. The zero-order chi connectivity index (χ0) is 11.8. The van der Waals surface area contributed by atoms with E-state index in [4.69, 9.17) is 23.8 Å². The Morgan fingerprint density at radius 2 is 2.00 bits per heavy atom. The van der Waals surface area contributed by atoms with Gasteiger partial charge in [-0.2, -0.15) is 0 Å². The monoisotopic (exact) mass is 263 g/mol. The number of nitrogens with zero attached hydrogens (tertiary/aromatic N) is 1. The van der Waals surface area contributed by atoms with Crippen LogP contribution < -0.4 is 5.32 Å². The summed E-state index contributed by atoms with van der Waals surface area (Å²) < 4.78 is 0.503. The molecule has 0 spiro atoms. The third-order valence-electron chi connectivity index (χ3n) is 2.83. The molecule has 0 atom stereocenters. The molecule has 17 heavy (non-hydrogen) atoms. The number of aromatic nitrogens is 2. The minimum Gasteiger partial charge on any atom is -0.369 e. The van der Waals surface area contributed by atoms with Gasteiger partial charge in [0.25, 0.3) is 0 Å². The maximum Gasteiger partial charge on any atom is 0.199 e. The number of benzene rings is 1. The highest BCUT2D eigenvalue weighted by atomic mass is 35.5. The van der Waals surface area contributed by atoms with E-state index in [0.29, 0.717) is 4.77 Å². The maximum absolute atomic E-state index is 5.89. The summed E-state index contributed by atoms with van der Waals surface area (Å²) in [7, 11) is 0. The lowest BCUT2D eigenvalue weighted by atomic mass is 10.1. The van der Waals surface area contributed by atoms with Crippen molar-refractivity contribution in [2.45, 2.75) is 6.42 Å². The van der Waals surface area contributed by atoms with E-state index in [1.165, 1.54) is 5.56 Å². The van der Waals surface area contributed by atoms with E-state index < -0.39 is 0 Å². The zero-order valence-corrected chi connectivity index (χ0v) is 10.5. The van der Waals surface area contributed by atoms with Crippen molar-refractivity contribution < 1.29 is 0 Å². The van der Waals surface area contributed by atoms with Crippen LogP contribution >= 0.6 is 23.8 Å². The Balaban J connectivity index is 2.21. The van der Waals surface area contributed by atoms with Gasteiger partial charge in [-0.15, -0.1) is 0 Å². The minimum atomic E-state index is 0.503. The zero-order valence-electron chi connectivity index (χ0n) is 8.96. The second-order valence-corrected chi connectivity index (χ2v) is 4.75. The van der Waals surface area contributed by atoms with Crippen LogP contribution in [0, 0.1) is 4.77 Å². The van der Waals surface area contributed by atoms with Crippen LogP contribution in [-0.2, 0) is 6.42 Å². The molecule has 0 aliphatic carbocycles. The molecule has 86 valence electrons. The van der Waals surface area contributed by atoms with Crippen LogP contribution in [0.15, 0.2) is 24.3 Å². The van der Waals surface area contributed by atoms with Gasteiger partial charge in [0.15, 0.2) is 4.77 Å². The molecule has 3 nitrogen and oxygen atoms in total. The Bertz CT molecular complexity index is 619. The summed E-state index contributed by atoms with van der Waals surface area (Å²) in [4.78, 5) is 7.44. The lowest BCUT2D eigenvalue weighted by Crippen LogP contribution is -1.95. The fourth-order valence-corrected chi connectivity index (χ4v) is 2.38. The van der Waals surface area contributed by atoms with Gasteiger partial charge in [0.2, 0.25) is 0 Å².